The molecule has 0 spiro atoms. The Labute approximate surface area is 159 Å². The summed E-state index contributed by atoms with van der Waals surface area (Å²) in [5, 5.41) is 2.69. The van der Waals surface area contributed by atoms with Crippen LogP contribution in [-0.2, 0) is 20.8 Å². The summed E-state index contributed by atoms with van der Waals surface area (Å²) in [4.78, 5) is 0. The molecule has 3 aromatic rings. The molecule has 0 fully saturated rings. The molecule has 3 aromatic carbocycles. The van der Waals surface area contributed by atoms with Crippen LogP contribution in [0.5, 0.6) is 0 Å². The maximum absolute atomic E-state index is 4.93. The standard InChI is InChI=1S/C10H9.C10H15.2ClH.Zr/c1-8-6-9-4-2-3-5-10(9)7-8;1-6-7(2)9(4)10(5)8(6)3;;;/h2-7H,1H3;1-5H3;2*1H;/q2*-1;;;+4/p-2. The fourth-order valence-corrected chi connectivity index (χ4v) is 2.71. The Balaban J connectivity index is 0.000000197. The summed E-state index contributed by atoms with van der Waals surface area (Å²) in [5.41, 5.74) is 8.69. The summed E-state index contributed by atoms with van der Waals surface area (Å²) in [6.45, 7) is 13.1. The van der Waals surface area contributed by atoms with E-state index in [0.29, 0.717) is 0 Å². The van der Waals surface area contributed by atoms with Gasteiger partial charge in [0.05, 0.1) is 0 Å². The van der Waals surface area contributed by atoms with E-state index < -0.39 is 20.8 Å². The first-order chi connectivity index (χ1) is 10.8. The van der Waals surface area contributed by atoms with Crippen LogP contribution in [0.1, 0.15) is 33.4 Å². The van der Waals surface area contributed by atoms with Gasteiger partial charge in [-0.3, -0.25) is 0 Å². The zero-order valence-electron chi connectivity index (χ0n) is 14.7. The van der Waals surface area contributed by atoms with E-state index in [1.165, 1.54) is 44.2 Å². The molecule has 23 heavy (non-hydrogen) atoms. The molecular weight excluding hydrogens is 402 g/mol. The van der Waals surface area contributed by atoms with Crippen molar-refractivity contribution in [2.45, 2.75) is 41.5 Å². The van der Waals surface area contributed by atoms with Crippen LogP contribution in [0.2, 0.25) is 0 Å². The fraction of sp³-hybridized carbons (Fsp3) is 0.300. The number of hydrogen-bond donors (Lipinski definition) is 0. The first kappa shape index (κ1) is 20.7. The molecule has 0 saturated carbocycles. The maximum atomic E-state index is 4.93. The molecule has 0 aliphatic carbocycles. The molecule has 0 aliphatic rings. The molecule has 0 aromatic heterocycles. The van der Waals surface area contributed by atoms with Gasteiger partial charge < -0.3 is 0 Å². The number of fused-ring (bicyclic) bond motifs is 1. The van der Waals surface area contributed by atoms with Crippen LogP contribution in [0.25, 0.3) is 10.8 Å². The molecule has 0 bridgehead atoms. The van der Waals surface area contributed by atoms with Crippen LogP contribution in [0.4, 0.5) is 0 Å². The summed E-state index contributed by atoms with van der Waals surface area (Å²) >= 11 is -0.826. The Hall–Kier alpha value is -0.357. The number of hydrogen-bond acceptors (Lipinski definition) is 0. The molecule has 0 aliphatic heterocycles. The van der Waals surface area contributed by atoms with Gasteiger partial charge in [-0.25, -0.2) is 0 Å². The van der Waals surface area contributed by atoms with Crippen LogP contribution < -0.4 is 0 Å². The molecule has 122 valence electrons. The van der Waals surface area contributed by atoms with Gasteiger partial charge in [0.2, 0.25) is 0 Å². The van der Waals surface area contributed by atoms with Crippen molar-refractivity contribution in [3.8, 4) is 0 Å². The Morgan fingerprint density at radius 2 is 1.39 bits per heavy atom. The Morgan fingerprint density at radius 1 is 0.913 bits per heavy atom. The summed E-state index contributed by atoms with van der Waals surface area (Å²) in [5.74, 6) is 0. The predicted molar refractivity (Wildman–Crippen MR) is 102 cm³/mol. The topological polar surface area (TPSA) is 0 Å². The van der Waals surface area contributed by atoms with Crippen molar-refractivity contribution in [3.63, 3.8) is 0 Å². The van der Waals surface area contributed by atoms with E-state index in [4.69, 9.17) is 17.0 Å². The fourth-order valence-electron chi connectivity index (χ4n) is 2.71. The molecule has 0 N–H and O–H groups in total. The number of rotatable bonds is 0. The summed E-state index contributed by atoms with van der Waals surface area (Å²) in [6, 6.07) is 12.8. The first-order valence-electron chi connectivity index (χ1n) is 7.61. The molecule has 0 unspecified atom stereocenters. The third kappa shape index (κ3) is 5.59. The molecule has 3 heteroatoms. The van der Waals surface area contributed by atoms with Crippen molar-refractivity contribution in [2.24, 2.45) is 0 Å². The van der Waals surface area contributed by atoms with E-state index in [2.05, 4.69) is 77.9 Å². The molecule has 0 heterocycles. The molecule has 3 rings (SSSR count). The van der Waals surface area contributed by atoms with Crippen LogP contribution in [-0.4, -0.2) is 0 Å². The zero-order valence-corrected chi connectivity index (χ0v) is 18.7. The Morgan fingerprint density at radius 3 is 1.78 bits per heavy atom. The average molecular weight is 427 g/mol. The second-order valence-electron chi connectivity index (χ2n) is 5.86. The van der Waals surface area contributed by atoms with Gasteiger partial charge in [-0.2, -0.15) is 33.9 Å². The van der Waals surface area contributed by atoms with Gasteiger partial charge in [-0.1, -0.05) is 47.6 Å². The van der Waals surface area contributed by atoms with Crippen LogP contribution in [0.15, 0.2) is 36.4 Å². The van der Waals surface area contributed by atoms with Crippen molar-refractivity contribution in [3.05, 3.63) is 69.8 Å². The van der Waals surface area contributed by atoms with Crippen LogP contribution in [0, 0.1) is 41.5 Å². The average Bonchev–Trinajstić information content (AvgIpc) is 2.98. The van der Waals surface area contributed by atoms with Crippen molar-refractivity contribution < 1.29 is 20.8 Å². The molecule has 0 radical (unpaired) electrons. The van der Waals surface area contributed by atoms with E-state index in [1.807, 2.05) is 0 Å². The second-order valence-corrected chi connectivity index (χ2v) is 9.59. The summed E-state index contributed by atoms with van der Waals surface area (Å²) in [7, 11) is 9.87. The van der Waals surface area contributed by atoms with Gasteiger partial charge in [0.15, 0.2) is 0 Å². The van der Waals surface area contributed by atoms with E-state index in [9.17, 15) is 0 Å². The van der Waals surface area contributed by atoms with Crippen molar-refractivity contribution >= 4 is 27.8 Å². The minimum atomic E-state index is -0.826. The zero-order chi connectivity index (χ0) is 17.6. The number of benzene rings is 1. The molecule has 0 saturated heterocycles. The third-order valence-corrected chi connectivity index (χ3v) is 4.57. The van der Waals surface area contributed by atoms with E-state index in [1.54, 1.807) is 0 Å². The first-order valence-corrected chi connectivity index (χ1v) is 13.9. The quantitative estimate of drug-likeness (QED) is 0.334. The third-order valence-electron chi connectivity index (χ3n) is 4.57. The van der Waals surface area contributed by atoms with Gasteiger partial charge >= 0.3 is 37.9 Å². The van der Waals surface area contributed by atoms with Crippen molar-refractivity contribution in [2.75, 3.05) is 0 Å². The number of halogens is 2. The molecular formula is C20H24Cl2Zr. The molecule has 0 amide bonds. The monoisotopic (exact) mass is 424 g/mol. The predicted octanol–water partition coefficient (Wildman–Crippen LogP) is 7.19. The number of aryl methyl sites for hydroxylation is 1. The van der Waals surface area contributed by atoms with Gasteiger partial charge in [-0.05, 0) is 0 Å². The Bertz CT molecular complexity index is 637. The van der Waals surface area contributed by atoms with Crippen molar-refractivity contribution in [1.82, 2.24) is 0 Å². The Kier molecular flexibility index (Phi) is 8.83. The minimum absolute atomic E-state index is 0.826. The van der Waals surface area contributed by atoms with Gasteiger partial charge in [0, 0.05) is 0 Å². The van der Waals surface area contributed by atoms with E-state index in [-0.39, 0.29) is 0 Å². The molecule has 0 atom stereocenters. The van der Waals surface area contributed by atoms with E-state index >= 15 is 0 Å². The second kappa shape index (κ2) is 9.82. The van der Waals surface area contributed by atoms with Gasteiger partial charge in [-0.15, -0.1) is 40.6 Å². The molecule has 0 nitrogen and oxygen atoms in total. The summed E-state index contributed by atoms with van der Waals surface area (Å²) in [6.07, 6.45) is 0. The van der Waals surface area contributed by atoms with Gasteiger partial charge in [0.25, 0.3) is 0 Å². The SMILES string of the molecule is Cc1c(C)c(C)[c-](C)c1C.Cc1cc2ccccc2[cH-]1.[Cl][Zr+2][Cl]. The van der Waals surface area contributed by atoms with Crippen molar-refractivity contribution in [1.29, 1.82) is 0 Å². The normalized spacial score (nSPS) is 9.57. The summed E-state index contributed by atoms with van der Waals surface area (Å²) < 4.78 is 0. The van der Waals surface area contributed by atoms with Crippen LogP contribution >= 0.6 is 17.0 Å². The van der Waals surface area contributed by atoms with Gasteiger partial charge in [0.1, 0.15) is 0 Å². The van der Waals surface area contributed by atoms with Crippen LogP contribution in [0.3, 0.4) is 0 Å². The van der Waals surface area contributed by atoms with E-state index in [0.717, 1.165) is 0 Å².